The van der Waals surface area contributed by atoms with Crippen molar-refractivity contribution in [3.05, 3.63) is 223 Å². The zero-order valence-electron chi connectivity index (χ0n) is 35.5. The fourth-order valence-corrected chi connectivity index (χ4v) is 9.78. The number of nitrogens with zero attached hydrogens (tertiary/aromatic N) is 3. The molecule has 1 N–H and O–H groups in total. The van der Waals surface area contributed by atoms with E-state index in [-0.39, 0.29) is 11.2 Å². The first-order valence-electron chi connectivity index (χ1n) is 21.7. The summed E-state index contributed by atoms with van der Waals surface area (Å²) in [6, 6.07) is 70.5. The average molecular weight is 812 g/mol. The van der Waals surface area contributed by atoms with Crippen LogP contribution in [0.3, 0.4) is 0 Å². The Morgan fingerprint density at radius 1 is 0.460 bits per heavy atom. The molecule has 11 rings (SSSR count). The Labute approximate surface area is 368 Å². The molecule has 4 heteroatoms. The minimum Gasteiger partial charge on any atom is -0.507 e. The molecule has 0 atom stereocenters. The third kappa shape index (κ3) is 6.72. The highest BCUT2D eigenvalue weighted by molar-refractivity contribution is 6.05. The van der Waals surface area contributed by atoms with E-state index in [1.54, 1.807) is 6.07 Å². The largest absolute Gasteiger partial charge is 0.507 e. The van der Waals surface area contributed by atoms with Crippen LogP contribution in [0.2, 0.25) is 0 Å². The van der Waals surface area contributed by atoms with Crippen molar-refractivity contribution >= 4 is 10.9 Å². The number of fused-ring (bicyclic) bond motifs is 4. The lowest BCUT2D eigenvalue weighted by molar-refractivity contribution is 0.477. The molecule has 0 spiro atoms. The summed E-state index contributed by atoms with van der Waals surface area (Å²) in [5.74, 6) is 0.198. The molecular weight excluding hydrogens is 767 g/mol. The van der Waals surface area contributed by atoms with E-state index >= 15 is 0 Å². The Kier molecular flexibility index (Phi) is 9.24. The molecule has 0 unspecified atom stereocenters. The lowest BCUT2D eigenvalue weighted by Gasteiger charge is -2.22. The second kappa shape index (κ2) is 15.3. The highest BCUT2D eigenvalue weighted by Gasteiger charge is 2.36. The Morgan fingerprint density at radius 3 is 1.87 bits per heavy atom. The molecule has 4 nitrogen and oxygen atoms in total. The van der Waals surface area contributed by atoms with E-state index in [9.17, 15) is 5.11 Å². The van der Waals surface area contributed by atoms with Crippen LogP contribution >= 0.6 is 0 Å². The van der Waals surface area contributed by atoms with Gasteiger partial charge in [-0.2, -0.15) is 0 Å². The maximum Gasteiger partial charge on any atom is 0.124 e. The van der Waals surface area contributed by atoms with Crippen LogP contribution in [0.1, 0.15) is 36.2 Å². The van der Waals surface area contributed by atoms with Crippen LogP contribution in [0.15, 0.2) is 200 Å². The third-order valence-electron chi connectivity index (χ3n) is 12.8. The van der Waals surface area contributed by atoms with Crippen molar-refractivity contribution in [3.8, 4) is 84.2 Å². The van der Waals surface area contributed by atoms with Crippen molar-refractivity contribution in [1.82, 2.24) is 14.5 Å². The van der Waals surface area contributed by atoms with E-state index in [1.165, 1.54) is 55.5 Å². The smallest absolute Gasteiger partial charge is 0.124 e. The standard InChI is InChI=1S/C59H45N3O/c1-38-31-45(36-52(60-38)41-21-16-22-42(32-41)53-34-44(40-19-8-5-9-20-40)35-54(61-53)48-24-12-15-28-56(48)63)58-57(49-25-11-14-27-55(49)62(58)37-39-17-6-4-7-18-39)43-29-30-47-46-23-10-13-26-50(46)59(2,3)51(47)33-43/h4-36,63H,37H2,1-3H3. The quantitative estimate of drug-likeness (QED) is 0.166. The van der Waals surface area contributed by atoms with E-state index in [2.05, 4.69) is 183 Å². The predicted molar refractivity (Wildman–Crippen MR) is 260 cm³/mol. The summed E-state index contributed by atoms with van der Waals surface area (Å²) in [5, 5.41) is 12.1. The molecule has 0 saturated carbocycles. The van der Waals surface area contributed by atoms with Crippen molar-refractivity contribution in [3.63, 3.8) is 0 Å². The van der Waals surface area contributed by atoms with Gasteiger partial charge in [-0.05, 0) is 106 Å². The maximum atomic E-state index is 10.9. The molecule has 0 radical (unpaired) electrons. The van der Waals surface area contributed by atoms with Gasteiger partial charge in [0.1, 0.15) is 5.75 Å². The number of aromatic hydroxyl groups is 1. The average Bonchev–Trinajstić information content (AvgIpc) is 3.77. The van der Waals surface area contributed by atoms with E-state index in [0.29, 0.717) is 17.8 Å². The number of hydrogen-bond donors (Lipinski definition) is 1. The fourth-order valence-electron chi connectivity index (χ4n) is 9.78. The summed E-state index contributed by atoms with van der Waals surface area (Å²) in [6.07, 6.45) is 0. The second-order valence-corrected chi connectivity index (χ2v) is 17.2. The molecule has 7 aromatic carbocycles. The number of pyridine rings is 2. The number of hydrogen-bond acceptors (Lipinski definition) is 3. The number of phenolic OH excluding ortho intramolecular Hbond substituents is 1. The first-order valence-corrected chi connectivity index (χ1v) is 21.7. The molecule has 0 fully saturated rings. The summed E-state index contributed by atoms with van der Waals surface area (Å²) in [4.78, 5) is 10.4. The Hall–Kier alpha value is -7.82. The monoisotopic (exact) mass is 811 g/mol. The molecular formula is C59H45N3O. The molecule has 0 aliphatic heterocycles. The number of rotatable bonds is 8. The maximum absolute atomic E-state index is 10.9. The third-order valence-corrected chi connectivity index (χ3v) is 12.8. The molecule has 10 aromatic rings. The van der Waals surface area contributed by atoms with Gasteiger partial charge in [-0.1, -0.05) is 159 Å². The van der Waals surface area contributed by atoms with Crippen LogP contribution in [0.4, 0.5) is 0 Å². The highest BCUT2D eigenvalue weighted by atomic mass is 16.3. The Morgan fingerprint density at radius 2 is 1.08 bits per heavy atom. The van der Waals surface area contributed by atoms with Crippen molar-refractivity contribution in [2.24, 2.45) is 0 Å². The first-order chi connectivity index (χ1) is 30.8. The summed E-state index contributed by atoms with van der Waals surface area (Å²) >= 11 is 0. The Balaban J connectivity index is 1.09. The van der Waals surface area contributed by atoms with Crippen LogP contribution in [-0.2, 0) is 12.0 Å². The molecule has 302 valence electrons. The number of para-hydroxylation sites is 2. The fraction of sp³-hybridized carbons (Fsp3) is 0.0847. The number of aryl methyl sites for hydroxylation is 1. The summed E-state index contributed by atoms with van der Waals surface area (Å²) in [5.41, 5.74) is 20.5. The van der Waals surface area contributed by atoms with Crippen LogP contribution < -0.4 is 0 Å². The van der Waals surface area contributed by atoms with Gasteiger partial charge in [-0.3, -0.25) is 4.98 Å². The van der Waals surface area contributed by atoms with E-state index in [0.717, 1.165) is 44.9 Å². The summed E-state index contributed by atoms with van der Waals surface area (Å²) < 4.78 is 2.50. The normalized spacial score (nSPS) is 12.6. The van der Waals surface area contributed by atoms with Gasteiger partial charge in [0, 0.05) is 56.4 Å². The predicted octanol–water partition coefficient (Wildman–Crippen LogP) is 14.8. The zero-order valence-corrected chi connectivity index (χ0v) is 35.5. The lowest BCUT2D eigenvalue weighted by Crippen LogP contribution is -2.14. The summed E-state index contributed by atoms with van der Waals surface area (Å²) in [7, 11) is 0. The van der Waals surface area contributed by atoms with E-state index in [4.69, 9.17) is 9.97 Å². The lowest BCUT2D eigenvalue weighted by atomic mass is 9.81. The van der Waals surface area contributed by atoms with Gasteiger partial charge >= 0.3 is 0 Å². The molecule has 0 saturated heterocycles. The van der Waals surface area contributed by atoms with Gasteiger partial charge in [-0.25, -0.2) is 4.98 Å². The van der Waals surface area contributed by atoms with Crippen LogP contribution in [0.5, 0.6) is 5.75 Å². The second-order valence-electron chi connectivity index (χ2n) is 17.2. The highest BCUT2D eigenvalue weighted by Crippen LogP contribution is 2.51. The van der Waals surface area contributed by atoms with Crippen LogP contribution in [0, 0.1) is 6.92 Å². The zero-order chi connectivity index (χ0) is 42.7. The minimum atomic E-state index is -0.131. The van der Waals surface area contributed by atoms with Gasteiger partial charge in [0.2, 0.25) is 0 Å². The van der Waals surface area contributed by atoms with Crippen LogP contribution in [0.25, 0.3) is 89.3 Å². The molecule has 1 aliphatic carbocycles. The molecule has 0 amide bonds. The van der Waals surface area contributed by atoms with Gasteiger partial charge in [0.05, 0.1) is 22.8 Å². The van der Waals surface area contributed by atoms with E-state index in [1.807, 2.05) is 36.4 Å². The van der Waals surface area contributed by atoms with Crippen molar-refractivity contribution < 1.29 is 5.11 Å². The van der Waals surface area contributed by atoms with E-state index < -0.39 is 0 Å². The topological polar surface area (TPSA) is 50.9 Å². The van der Waals surface area contributed by atoms with Gasteiger partial charge in [-0.15, -0.1) is 0 Å². The first kappa shape index (κ1) is 38.1. The molecule has 1 aliphatic rings. The SMILES string of the molecule is Cc1cc(-c2c(-c3ccc4c(c3)C(C)(C)c3ccccc3-4)c3ccccc3n2Cc2ccccc2)cc(-c2cccc(-c3cc(-c4ccccc4)cc(-c4ccccc4O)n3)c2)n1. The van der Waals surface area contributed by atoms with Crippen LogP contribution in [-0.4, -0.2) is 19.6 Å². The molecule has 3 heterocycles. The minimum absolute atomic E-state index is 0.131. The van der Waals surface area contributed by atoms with Gasteiger partial charge in [0.15, 0.2) is 0 Å². The number of aromatic nitrogens is 3. The number of benzene rings is 7. The molecule has 0 bridgehead atoms. The Bertz CT molecular complexity index is 3360. The van der Waals surface area contributed by atoms with Crippen molar-refractivity contribution in [2.45, 2.75) is 32.7 Å². The van der Waals surface area contributed by atoms with Crippen molar-refractivity contribution in [1.29, 1.82) is 0 Å². The number of phenols is 1. The van der Waals surface area contributed by atoms with Gasteiger partial charge in [0.25, 0.3) is 0 Å². The van der Waals surface area contributed by atoms with Gasteiger partial charge < -0.3 is 9.67 Å². The van der Waals surface area contributed by atoms with Crippen molar-refractivity contribution in [2.75, 3.05) is 0 Å². The molecule has 3 aromatic heterocycles. The summed E-state index contributed by atoms with van der Waals surface area (Å²) in [6.45, 7) is 7.52. The molecule has 63 heavy (non-hydrogen) atoms.